The Morgan fingerprint density at radius 1 is 1.47 bits per heavy atom. The van der Waals surface area contributed by atoms with E-state index in [0.29, 0.717) is 5.69 Å². The summed E-state index contributed by atoms with van der Waals surface area (Å²) in [5.41, 5.74) is 2.82. The molecule has 0 atom stereocenters. The van der Waals surface area contributed by atoms with Crippen LogP contribution in [0.2, 0.25) is 0 Å². The van der Waals surface area contributed by atoms with E-state index in [1.54, 1.807) is 5.38 Å². The average Bonchev–Trinajstić information content (AvgIpc) is 2.76. The van der Waals surface area contributed by atoms with E-state index in [1.807, 2.05) is 6.07 Å². The number of methoxy groups -OCH3 is 1. The van der Waals surface area contributed by atoms with Gasteiger partial charge in [-0.25, -0.2) is 9.78 Å². The van der Waals surface area contributed by atoms with Crippen LogP contribution in [0.15, 0.2) is 29.6 Å². The predicted molar refractivity (Wildman–Crippen MR) is 67.4 cm³/mol. The van der Waals surface area contributed by atoms with Crippen molar-refractivity contribution in [3.8, 4) is 0 Å². The van der Waals surface area contributed by atoms with Crippen LogP contribution in [0, 0.1) is 6.92 Å². The molecule has 88 valence electrons. The van der Waals surface area contributed by atoms with Crippen LogP contribution >= 0.6 is 11.3 Å². The molecule has 0 aliphatic rings. The van der Waals surface area contributed by atoms with Crippen molar-refractivity contribution in [3.63, 3.8) is 0 Å². The van der Waals surface area contributed by atoms with Crippen molar-refractivity contribution in [2.75, 3.05) is 7.11 Å². The molecule has 0 amide bonds. The number of carbonyl (C=O) groups is 1. The number of thiazole rings is 1. The second-order valence-electron chi connectivity index (χ2n) is 3.78. The van der Waals surface area contributed by atoms with E-state index in [2.05, 4.69) is 34.8 Å². The maximum Gasteiger partial charge on any atom is 0.357 e. The summed E-state index contributed by atoms with van der Waals surface area (Å²) in [5.74, 6) is -0.378. The molecule has 1 aromatic carbocycles. The summed E-state index contributed by atoms with van der Waals surface area (Å²) >= 11 is 1.48. The molecular formula is C13H13NO2S. The third-order valence-electron chi connectivity index (χ3n) is 2.38. The zero-order valence-corrected chi connectivity index (χ0v) is 10.6. The van der Waals surface area contributed by atoms with Gasteiger partial charge in [0.2, 0.25) is 0 Å². The minimum atomic E-state index is -0.378. The smallest absolute Gasteiger partial charge is 0.357 e. The number of rotatable bonds is 3. The third-order valence-corrected chi connectivity index (χ3v) is 3.23. The highest BCUT2D eigenvalue weighted by Crippen LogP contribution is 2.16. The van der Waals surface area contributed by atoms with Crippen molar-refractivity contribution < 1.29 is 9.53 Å². The Labute approximate surface area is 104 Å². The SMILES string of the molecule is COC(=O)c1csc(Cc2cccc(C)c2)n1. The second kappa shape index (κ2) is 5.10. The molecule has 0 bridgehead atoms. The molecule has 0 saturated carbocycles. The maximum absolute atomic E-state index is 11.3. The monoisotopic (exact) mass is 247 g/mol. The summed E-state index contributed by atoms with van der Waals surface area (Å²) in [6.07, 6.45) is 0.753. The number of benzene rings is 1. The van der Waals surface area contributed by atoms with Crippen molar-refractivity contribution in [2.24, 2.45) is 0 Å². The van der Waals surface area contributed by atoms with Crippen molar-refractivity contribution in [3.05, 3.63) is 51.5 Å². The predicted octanol–water partition coefficient (Wildman–Crippen LogP) is 2.83. The molecule has 17 heavy (non-hydrogen) atoms. The first-order valence-electron chi connectivity index (χ1n) is 5.27. The van der Waals surface area contributed by atoms with Crippen molar-refractivity contribution in [1.29, 1.82) is 0 Å². The van der Waals surface area contributed by atoms with E-state index < -0.39 is 0 Å². The molecule has 0 fully saturated rings. The van der Waals surface area contributed by atoms with Gasteiger partial charge in [0.1, 0.15) is 0 Å². The maximum atomic E-state index is 11.3. The van der Waals surface area contributed by atoms with Crippen LogP contribution in [0.1, 0.15) is 26.6 Å². The Hall–Kier alpha value is -1.68. The van der Waals surface area contributed by atoms with Crippen LogP contribution in [0.5, 0.6) is 0 Å². The lowest BCUT2D eigenvalue weighted by Gasteiger charge is -1.99. The molecule has 0 unspecified atom stereocenters. The van der Waals surface area contributed by atoms with Crippen LogP contribution in [-0.4, -0.2) is 18.1 Å². The summed E-state index contributed by atoms with van der Waals surface area (Å²) < 4.78 is 4.62. The molecule has 1 heterocycles. The number of esters is 1. The molecule has 0 N–H and O–H groups in total. The molecule has 0 radical (unpaired) electrons. The average molecular weight is 247 g/mol. The highest BCUT2D eigenvalue weighted by molar-refractivity contribution is 7.09. The fourth-order valence-corrected chi connectivity index (χ4v) is 2.38. The number of nitrogens with zero attached hydrogens (tertiary/aromatic N) is 1. The molecule has 2 rings (SSSR count). The van der Waals surface area contributed by atoms with E-state index in [4.69, 9.17) is 0 Å². The van der Waals surface area contributed by atoms with Crippen molar-refractivity contribution in [1.82, 2.24) is 4.98 Å². The fourth-order valence-electron chi connectivity index (χ4n) is 1.59. The number of carbonyl (C=O) groups excluding carboxylic acids is 1. The lowest BCUT2D eigenvalue weighted by Crippen LogP contribution is -2.01. The van der Waals surface area contributed by atoms with E-state index >= 15 is 0 Å². The molecule has 4 heteroatoms. The summed E-state index contributed by atoms with van der Waals surface area (Å²) in [6, 6.07) is 8.27. The number of aromatic nitrogens is 1. The fraction of sp³-hybridized carbons (Fsp3) is 0.231. The van der Waals surface area contributed by atoms with Crippen LogP contribution < -0.4 is 0 Å². The van der Waals surface area contributed by atoms with Crippen LogP contribution in [0.4, 0.5) is 0 Å². The van der Waals surface area contributed by atoms with Gasteiger partial charge in [-0.05, 0) is 12.5 Å². The van der Waals surface area contributed by atoms with Gasteiger partial charge >= 0.3 is 5.97 Å². The van der Waals surface area contributed by atoms with E-state index in [0.717, 1.165) is 11.4 Å². The lowest BCUT2D eigenvalue weighted by atomic mass is 10.1. The Bertz CT molecular complexity index is 534. The molecule has 3 nitrogen and oxygen atoms in total. The van der Waals surface area contributed by atoms with Gasteiger partial charge in [0.25, 0.3) is 0 Å². The molecule has 1 aromatic heterocycles. The van der Waals surface area contributed by atoms with Gasteiger partial charge in [-0.3, -0.25) is 0 Å². The zero-order chi connectivity index (χ0) is 12.3. The normalized spacial score (nSPS) is 10.2. The minimum Gasteiger partial charge on any atom is -0.464 e. The Kier molecular flexibility index (Phi) is 3.54. The summed E-state index contributed by atoms with van der Waals surface area (Å²) in [7, 11) is 1.36. The van der Waals surface area contributed by atoms with Gasteiger partial charge in [0.05, 0.1) is 12.1 Å². The van der Waals surface area contributed by atoms with Gasteiger partial charge < -0.3 is 4.74 Å². The van der Waals surface area contributed by atoms with E-state index in [-0.39, 0.29) is 5.97 Å². The van der Waals surface area contributed by atoms with Gasteiger partial charge in [-0.1, -0.05) is 29.8 Å². The van der Waals surface area contributed by atoms with Gasteiger partial charge in [-0.2, -0.15) is 0 Å². The number of hydrogen-bond donors (Lipinski definition) is 0. The van der Waals surface area contributed by atoms with Crippen molar-refractivity contribution in [2.45, 2.75) is 13.3 Å². The molecular weight excluding hydrogens is 234 g/mol. The zero-order valence-electron chi connectivity index (χ0n) is 9.77. The highest BCUT2D eigenvalue weighted by Gasteiger charge is 2.10. The highest BCUT2D eigenvalue weighted by atomic mass is 32.1. The summed E-state index contributed by atoms with van der Waals surface area (Å²) in [5, 5.41) is 2.66. The topological polar surface area (TPSA) is 39.2 Å². The summed E-state index contributed by atoms with van der Waals surface area (Å²) in [4.78, 5) is 15.5. The molecule has 0 aliphatic carbocycles. The first kappa shape index (κ1) is 11.8. The molecule has 2 aromatic rings. The molecule has 0 aliphatic heterocycles. The van der Waals surface area contributed by atoms with Crippen molar-refractivity contribution >= 4 is 17.3 Å². The largest absolute Gasteiger partial charge is 0.464 e. The Balaban J connectivity index is 2.14. The van der Waals surface area contributed by atoms with Crippen LogP contribution in [0.3, 0.4) is 0 Å². The van der Waals surface area contributed by atoms with Gasteiger partial charge in [-0.15, -0.1) is 11.3 Å². The van der Waals surface area contributed by atoms with Crippen LogP contribution in [-0.2, 0) is 11.2 Å². The number of aryl methyl sites for hydroxylation is 1. The quantitative estimate of drug-likeness (QED) is 0.783. The van der Waals surface area contributed by atoms with E-state index in [9.17, 15) is 4.79 Å². The van der Waals surface area contributed by atoms with E-state index in [1.165, 1.54) is 29.6 Å². The van der Waals surface area contributed by atoms with Gasteiger partial charge in [0, 0.05) is 11.8 Å². The number of ether oxygens (including phenoxy) is 1. The third kappa shape index (κ3) is 2.91. The minimum absolute atomic E-state index is 0.378. The summed E-state index contributed by atoms with van der Waals surface area (Å²) in [6.45, 7) is 2.06. The van der Waals surface area contributed by atoms with Crippen LogP contribution in [0.25, 0.3) is 0 Å². The molecule has 0 saturated heterocycles. The first-order valence-corrected chi connectivity index (χ1v) is 6.15. The standard InChI is InChI=1S/C13H13NO2S/c1-9-4-3-5-10(6-9)7-12-14-11(8-17-12)13(15)16-2/h3-6,8H,7H2,1-2H3. The van der Waals surface area contributed by atoms with Gasteiger partial charge in [0.15, 0.2) is 5.69 Å². The Morgan fingerprint density at radius 3 is 3.00 bits per heavy atom. The first-order chi connectivity index (χ1) is 8.19. The lowest BCUT2D eigenvalue weighted by molar-refractivity contribution is 0.0594. The number of hydrogen-bond acceptors (Lipinski definition) is 4. The second-order valence-corrected chi connectivity index (χ2v) is 4.73. The Morgan fingerprint density at radius 2 is 2.29 bits per heavy atom. The molecule has 0 spiro atoms.